The van der Waals surface area contributed by atoms with Crippen LogP contribution in [0.1, 0.15) is 27.0 Å². The van der Waals surface area contributed by atoms with Crippen molar-refractivity contribution in [3.8, 4) is 0 Å². The molecule has 6 heteroatoms. The molecule has 0 aliphatic heterocycles. The highest BCUT2D eigenvalue weighted by Gasteiger charge is 2.31. The van der Waals surface area contributed by atoms with E-state index in [0.29, 0.717) is 0 Å². The molecule has 0 radical (unpaired) electrons. The van der Waals surface area contributed by atoms with Gasteiger partial charge in [-0.1, -0.05) is 23.7 Å². The average Bonchev–Trinajstić information content (AvgIpc) is 2.40. The highest BCUT2D eigenvalue weighted by molar-refractivity contribution is 6.35. The number of halogens is 5. The molecular formula is C15H9ClF4O. The predicted molar refractivity (Wildman–Crippen MR) is 71.0 cm³/mol. The molecule has 0 atom stereocenters. The fourth-order valence-corrected chi connectivity index (χ4v) is 2.13. The average molecular weight is 317 g/mol. The van der Waals surface area contributed by atoms with E-state index in [1.807, 2.05) is 0 Å². The maximum atomic E-state index is 13.3. The van der Waals surface area contributed by atoms with E-state index in [1.54, 1.807) is 0 Å². The summed E-state index contributed by atoms with van der Waals surface area (Å²) < 4.78 is 51.1. The summed E-state index contributed by atoms with van der Waals surface area (Å²) in [5.41, 5.74) is -0.730. The van der Waals surface area contributed by atoms with Crippen LogP contribution in [0.3, 0.4) is 0 Å². The number of carbonyl (C=O) groups is 1. The van der Waals surface area contributed by atoms with Crippen LogP contribution in [0.2, 0.25) is 5.02 Å². The molecule has 0 bridgehead atoms. The first-order chi connectivity index (χ1) is 9.71. The largest absolute Gasteiger partial charge is 0.416 e. The Balaban J connectivity index is 2.48. The van der Waals surface area contributed by atoms with Gasteiger partial charge in [-0.25, -0.2) is 4.39 Å². The molecule has 2 aromatic carbocycles. The van der Waals surface area contributed by atoms with Crippen molar-refractivity contribution in [2.75, 3.05) is 0 Å². The van der Waals surface area contributed by atoms with Crippen LogP contribution in [0.5, 0.6) is 0 Å². The van der Waals surface area contributed by atoms with Crippen LogP contribution in [0, 0.1) is 12.7 Å². The second-order valence-corrected chi connectivity index (χ2v) is 4.84. The minimum Gasteiger partial charge on any atom is -0.289 e. The standard InChI is InChI=1S/C15H9ClF4O/c1-8-7-9(15(18,19)20)5-6-10(8)14(21)11-3-2-4-12(17)13(11)16/h2-7H,1H3. The van der Waals surface area contributed by atoms with Crippen LogP contribution in [0.25, 0.3) is 0 Å². The van der Waals surface area contributed by atoms with E-state index < -0.39 is 23.3 Å². The molecule has 0 aromatic heterocycles. The van der Waals surface area contributed by atoms with Crippen molar-refractivity contribution >= 4 is 17.4 Å². The summed E-state index contributed by atoms with van der Waals surface area (Å²) >= 11 is 5.72. The Morgan fingerprint density at radius 1 is 1.10 bits per heavy atom. The normalized spacial score (nSPS) is 11.5. The molecule has 0 heterocycles. The number of rotatable bonds is 2. The zero-order valence-corrected chi connectivity index (χ0v) is 11.5. The Bertz CT molecular complexity index is 707. The number of ketones is 1. The molecular weight excluding hydrogens is 308 g/mol. The van der Waals surface area contributed by atoms with Crippen molar-refractivity contribution in [3.05, 3.63) is 69.5 Å². The van der Waals surface area contributed by atoms with Gasteiger partial charge in [-0.2, -0.15) is 13.2 Å². The Morgan fingerprint density at radius 2 is 1.76 bits per heavy atom. The third-order valence-corrected chi connectivity index (χ3v) is 3.38. The van der Waals surface area contributed by atoms with Crippen LogP contribution in [0.15, 0.2) is 36.4 Å². The number of benzene rings is 2. The lowest BCUT2D eigenvalue weighted by atomic mass is 9.97. The second kappa shape index (κ2) is 5.48. The van der Waals surface area contributed by atoms with Gasteiger partial charge in [0, 0.05) is 11.1 Å². The third-order valence-electron chi connectivity index (χ3n) is 2.99. The number of aryl methyl sites for hydroxylation is 1. The molecule has 0 aliphatic rings. The van der Waals surface area contributed by atoms with Crippen LogP contribution < -0.4 is 0 Å². The fraction of sp³-hybridized carbons (Fsp3) is 0.133. The van der Waals surface area contributed by atoms with Gasteiger partial charge in [-0.3, -0.25) is 4.79 Å². The summed E-state index contributed by atoms with van der Waals surface area (Å²) in [7, 11) is 0. The molecule has 2 rings (SSSR count). The smallest absolute Gasteiger partial charge is 0.289 e. The van der Waals surface area contributed by atoms with Crippen LogP contribution in [-0.4, -0.2) is 5.78 Å². The molecule has 0 saturated carbocycles. The highest BCUT2D eigenvalue weighted by atomic mass is 35.5. The highest BCUT2D eigenvalue weighted by Crippen LogP contribution is 2.31. The topological polar surface area (TPSA) is 17.1 Å². The van der Waals surface area contributed by atoms with E-state index in [9.17, 15) is 22.4 Å². The van der Waals surface area contributed by atoms with Gasteiger partial charge in [-0.15, -0.1) is 0 Å². The Kier molecular flexibility index (Phi) is 4.05. The zero-order chi connectivity index (χ0) is 15.8. The first-order valence-electron chi connectivity index (χ1n) is 5.88. The summed E-state index contributed by atoms with van der Waals surface area (Å²) in [6, 6.07) is 6.49. The minimum atomic E-state index is -4.48. The molecule has 0 aliphatic carbocycles. The maximum Gasteiger partial charge on any atom is 0.416 e. The first-order valence-corrected chi connectivity index (χ1v) is 6.26. The summed E-state index contributed by atoms with van der Waals surface area (Å²) in [4.78, 5) is 12.3. The number of hydrogen-bond donors (Lipinski definition) is 0. The van der Waals surface area contributed by atoms with Gasteiger partial charge in [0.05, 0.1) is 10.6 Å². The lowest BCUT2D eigenvalue weighted by Crippen LogP contribution is -2.09. The van der Waals surface area contributed by atoms with Gasteiger partial charge in [0.2, 0.25) is 0 Å². The van der Waals surface area contributed by atoms with E-state index in [0.717, 1.165) is 24.3 Å². The number of alkyl halides is 3. The number of carbonyl (C=O) groups excluding carboxylic acids is 1. The van der Waals surface area contributed by atoms with Crippen molar-refractivity contribution in [2.45, 2.75) is 13.1 Å². The maximum absolute atomic E-state index is 13.3. The number of hydrogen-bond acceptors (Lipinski definition) is 1. The van der Waals surface area contributed by atoms with Gasteiger partial charge in [-0.05, 0) is 36.8 Å². The molecule has 0 saturated heterocycles. The van der Waals surface area contributed by atoms with Crippen LogP contribution in [0.4, 0.5) is 17.6 Å². The summed E-state index contributed by atoms with van der Waals surface area (Å²) in [6.07, 6.45) is -4.48. The Hall–Kier alpha value is -1.88. The van der Waals surface area contributed by atoms with Gasteiger partial charge in [0.25, 0.3) is 0 Å². The fourth-order valence-electron chi connectivity index (χ4n) is 1.92. The first kappa shape index (κ1) is 15.5. The van der Waals surface area contributed by atoms with Gasteiger partial charge in [0.1, 0.15) is 5.82 Å². The Morgan fingerprint density at radius 3 is 2.33 bits per heavy atom. The molecule has 1 nitrogen and oxygen atoms in total. The van der Waals surface area contributed by atoms with E-state index in [1.165, 1.54) is 19.1 Å². The second-order valence-electron chi connectivity index (χ2n) is 4.46. The van der Waals surface area contributed by atoms with E-state index >= 15 is 0 Å². The summed E-state index contributed by atoms with van der Waals surface area (Å²) in [5.74, 6) is -1.38. The summed E-state index contributed by atoms with van der Waals surface area (Å²) in [5, 5.41) is -0.346. The van der Waals surface area contributed by atoms with E-state index in [-0.39, 0.29) is 21.7 Å². The molecule has 0 amide bonds. The SMILES string of the molecule is Cc1cc(C(F)(F)F)ccc1C(=O)c1cccc(F)c1Cl. The van der Waals surface area contributed by atoms with Crippen molar-refractivity contribution in [1.29, 1.82) is 0 Å². The quantitative estimate of drug-likeness (QED) is 0.560. The van der Waals surface area contributed by atoms with Gasteiger partial charge in [0.15, 0.2) is 5.78 Å². The molecule has 0 N–H and O–H groups in total. The molecule has 110 valence electrons. The molecule has 0 unspecified atom stereocenters. The van der Waals surface area contributed by atoms with Crippen molar-refractivity contribution in [2.24, 2.45) is 0 Å². The molecule has 21 heavy (non-hydrogen) atoms. The van der Waals surface area contributed by atoms with Crippen molar-refractivity contribution < 1.29 is 22.4 Å². The van der Waals surface area contributed by atoms with Gasteiger partial charge >= 0.3 is 6.18 Å². The van der Waals surface area contributed by atoms with Gasteiger partial charge < -0.3 is 0 Å². The Labute approximate surface area is 123 Å². The zero-order valence-electron chi connectivity index (χ0n) is 10.8. The molecule has 0 fully saturated rings. The summed E-state index contributed by atoms with van der Waals surface area (Å²) in [6.45, 7) is 1.38. The van der Waals surface area contributed by atoms with Crippen molar-refractivity contribution in [1.82, 2.24) is 0 Å². The molecule has 2 aromatic rings. The van der Waals surface area contributed by atoms with Crippen LogP contribution in [-0.2, 0) is 6.18 Å². The predicted octanol–water partition coefficient (Wildman–Crippen LogP) is 5.04. The minimum absolute atomic E-state index is 0.0514. The third kappa shape index (κ3) is 3.08. The van der Waals surface area contributed by atoms with E-state index in [4.69, 9.17) is 11.6 Å². The lowest BCUT2D eigenvalue weighted by Gasteiger charge is -2.11. The molecule has 0 spiro atoms. The van der Waals surface area contributed by atoms with Crippen LogP contribution >= 0.6 is 11.6 Å². The lowest BCUT2D eigenvalue weighted by molar-refractivity contribution is -0.137. The monoisotopic (exact) mass is 316 g/mol. The van der Waals surface area contributed by atoms with Crippen molar-refractivity contribution in [3.63, 3.8) is 0 Å². The van der Waals surface area contributed by atoms with E-state index in [2.05, 4.69) is 0 Å².